The summed E-state index contributed by atoms with van der Waals surface area (Å²) in [5, 5.41) is 7.39. The lowest BCUT2D eigenvalue weighted by Crippen LogP contribution is -2.27. The van der Waals surface area contributed by atoms with Crippen LogP contribution in [-0.4, -0.2) is 28.4 Å². The summed E-state index contributed by atoms with van der Waals surface area (Å²) in [4.78, 5) is 12.8. The van der Waals surface area contributed by atoms with Crippen LogP contribution in [0.4, 0.5) is 5.69 Å². The largest absolute Gasteiger partial charge is 0.376 e. The third kappa shape index (κ3) is 2.96. The average Bonchev–Trinajstić information content (AvgIpc) is 3.02. The molecule has 2 aliphatic rings. The van der Waals surface area contributed by atoms with Crippen molar-refractivity contribution in [2.45, 2.75) is 50.7 Å². The molecular formula is C19H23N3O2. The number of nitrogens with zero attached hydrogens (tertiary/aromatic N) is 2. The number of hydrogen-bond donors (Lipinski definition) is 1. The predicted octanol–water partition coefficient (Wildman–Crippen LogP) is 3.04. The third-order valence-electron chi connectivity index (χ3n) is 5.06. The van der Waals surface area contributed by atoms with Crippen LogP contribution < -0.4 is 5.32 Å². The molecule has 0 unspecified atom stereocenters. The van der Waals surface area contributed by atoms with E-state index in [1.54, 1.807) is 6.20 Å². The van der Waals surface area contributed by atoms with Crippen LogP contribution >= 0.6 is 0 Å². The van der Waals surface area contributed by atoms with Gasteiger partial charge in [-0.25, -0.2) is 0 Å². The molecule has 1 aromatic carbocycles. The van der Waals surface area contributed by atoms with Gasteiger partial charge in [-0.2, -0.15) is 5.10 Å². The average molecular weight is 325 g/mol. The number of hydrogen-bond acceptors (Lipinski definition) is 3. The number of nitrogens with one attached hydrogen (secondary N) is 1. The first-order valence-electron chi connectivity index (χ1n) is 8.68. The molecule has 0 spiro atoms. The molecule has 1 amide bonds. The van der Waals surface area contributed by atoms with E-state index in [0.29, 0.717) is 0 Å². The third-order valence-corrected chi connectivity index (χ3v) is 5.06. The molecule has 0 bridgehead atoms. The van der Waals surface area contributed by atoms with Crippen molar-refractivity contribution in [3.05, 3.63) is 47.8 Å². The van der Waals surface area contributed by atoms with Crippen molar-refractivity contribution < 1.29 is 9.53 Å². The second kappa shape index (κ2) is 6.06. The summed E-state index contributed by atoms with van der Waals surface area (Å²) >= 11 is 0. The number of ether oxygens (including phenoxy) is 1. The minimum Gasteiger partial charge on any atom is -0.376 e. The summed E-state index contributed by atoms with van der Waals surface area (Å²) < 4.78 is 7.49. The van der Waals surface area contributed by atoms with Gasteiger partial charge in [0.25, 0.3) is 0 Å². The molecule has 0 radical (unpaired) electrons. The van der Waals surface area contributed by atoms with E-state index in [-0.39, 0.29) is 17.4 Å². The molecule has 4 rings (SSSR count). The molecule has 1 aliphatic heterocycles. The van der Waals surface area contributed by atoms with Crippen molar-refractivity contribution in [2.75, 3.05) is 11.9 Å². The van der Waals surface area contributed by atoms with Crippen molar-refractivity contribution in [3.8, 4) is 0 Å². The monoisotopic (exact) mass is 325 g/mol. The van der Waals surface area contributed by atoms with Gasteiger partial charge in [0, 0.05) is 12.8 Å². The molecule has 1 saturated heterocycles. The molecule has 2 aromatic rings. The Morgan fingerprint density at radius 3 is 3.04 bits per heavy atom. The Kier molecular flexibility index (Phi) is 3.88. The van der Waals surface area contributed by atoms with Gasteiger partial charge in [0.2, 0.25) is 5.91 Å². The van der Waals surface area contributed by atoms with Gasteiger partial charge in [-0.3, -0.25) is 9.48 Å². The van der Waals surface area contributed by atoms with Crippen molar-refractivity contribution in [1.29, 1.82) is 0 Å². The normalized spacial score (nSPS) is 21.6. The van der Waals surface area contributed by atoms with Crippen LogP contribution in [0.3, 0.4) is 0 Å². The van der Waals surface area contributed by atoms with Gasteiger partial charge in [-0.05, 0) is 38.2 Å². The first-order chi connectivity index (χ1) is 11.7. The lowest BCUT2D eigenvalue weighted by molar-refractivity contribution is -0.118. The Balaban J connectivity index is 1.43. The summed E-state index contributed by atoms with van der Waals surface area (Å²) in [6.45, 7) is 3.65. The molecule has 1 aliphatic carbocycles. The molecule has 126 valence electrons. The lowest BCUT2D eigenvalue weighted by Gasteiger charge is -2.15. The number of rotatable bonds is 5. The van der Waals surface area contributed by atoms with Gasteiger partial charge in [-0.1, -0.05) is 29.8 Å². The van der Waals surface area contributed by atoms with E-state index in [1.807, 2.05) is 16.9 Å². The van der Waals surface area contributed by atoms with E-state index in [0.717, 1.165) is 50.1 Å². The first kappa shape index (κ1) is 15.4. The fraction of sp³-hybridized carbons (Fsp3) is 0.474. The molecular weight excluding hydrogens is 302 g/mol. The summed E-state index contributed by atoms with van der Waals surface area (Å²) in [6.07, 6.45) is 7.88. The zero-order chi connectivity index (χ0) is 16.6. The maximum absolute atomic E-state index is 12.8. The highest BCUT2D eigenvalue weighted by molar-refractivity contribution is 6.01. The molecule has 5 nitrogen and oxygen atoms in total. The highest BCUT2D eigenvalue weighted by Gasteiger charge is 2.51. The van der Waals surface area contributed by atoms with E-state index >= 15 is 0 Å². The van der Waals surface area contributed by atoms with E-state index in [4.69, 9.17) is 4.74 Å². The van der Waals surface area contributed by atoms with Gasteiger partial charge in [0.15, 0.2) is 0 Å². The highest BCUT2D eigenvalue weighted by Crippen LogP contribution is 2.49. The Morgan fingerprint density at radius 2 is 2.33 bits per heavy atom. The van der Waals surface area contributed by atoms with Crippen molar-refractivity contribution in [3.63, 3.8) is 0 Å². The van der Waals surface area contributed by atoms with E-state index < -0.39 is 0 Å². The van der Waals surface area contributed by atoms with Crippen molar-refractivity contribution in [1.82, 2.24) is 9.78 Å². The summed E-state index contributed by atoms with van der Waals surface area (Å²) in [7, 11) is 0. The SMILES string of the molecule is Cc1cccc(C2(C(=O)Nc3cnn(C[C@H]4CCCO4)c3)CC2)c1. The Morgan fingerprint density at radius 1 is 1.46 bits per heavy atom. The van der Waals surface area contributed by atoms with Gasteiger partial charge in [-0.15, -0.1) is 0 Å². The Hall–Kier alpha value is -2.14. The number of aryl methyl sites for hydroxylation is 1. The lowest BCUT2D eigenvalue weighted by atomic mass is 9.93. The summed E-state index contributed by atoms with van der Waals surface area (Å²) in [5.41, 5.74) is 2.71. The van der Waals surface area contributed by atoms with E-state index in [2.05, 4.69) is 35.5 Å². The summed E-state index contributed by atoms with van der Waals surface area (Å²) in [5.74, 6) is 0.0739. The molecule has 2 heterocycles. The van der Waals surface area contributed by atoms with Crippen molar-refractivity contribution in [2.24, 2.45) is 0 Å². The topological polar surface area (TPSA) is 56.2 Å². The minimum atomic E-state index is -0.358. The number of carbonyl (C=O) groups excluding carboxylic acids is 1. The number of anilines is 1. The standard InChI is InChI=1S/C19H23N3O2/c1-14-4-2-5-15(10-14)19(7-8-19)18(23)21-16-11-20-22(12-16)13-17-6-3-9-24-17/h2,4-5,10-12,17H,3,6-9,13H2,1H3,(H,21,23)/t17-/m1/s1. The number of benzene rings is 1. The van der Waals surface area contributed by atoms with Crippen LogP contribution in [0.2, 0.25) is 0 Å². The minimum absolute atomic E-state index is 0.0739. The van der Waals surface area contributed by atoms with Gasteiger partial charge >= 0.3 is 0 Å². The van der Waals surface area contributed by atoms with Crippen LogP contribution in [0.1, 0.15) is 36.8 Å². The maximum atomic E-state index is 12.8. The van der Waals surface area contributed by atoms with E-state index in [1.165, 1.54) is 5.56 Å². The number of amides is 1. The Labute approximate surface area is 142 Å². The van der Waals surface area contributed by atoms with Crippen molar-refractivity contribution >= 4 is 11.6 Å². The molecule has 24 heavy (non-hydrogen) atoms. The van der Waals surface area contributed by atoms with Crippen LogP contribution in [0, 0.1) is 6.92 Å². The number of aromatic nitrogens is 2. The van der Waals surface area contributed by atoms with E-state index in [9.17, 15) is 4.79 Å². The predicted molar refractivity (Wildman–Crippen MR) is 91.9 cm³/mol. The zero-order valence-corrected chi connectivity index (χ0v) is 14.0. The number of carbonyl (C=O) groups is 1. The quantitative estimate of drug-likeness (QED) is 0.919. The zero-order valence-electron chi connectivity index (χ0n) is 14.0. The second-order valence-corrected chi connectivity index (χ2v) is 6.99. The van der Waals surface area contributed by atoms with Gasteiger partial charge in [0.1, 0.15) is 0 Å². The van der Waals surface area contributed by atoms with Crippen LogP contribution in [-0.2, 0) is 21.5 Å². The first-order valence-corrected chi connectivity index (χ1v) is 8.68. The van der Waals surface area contributed by atoms with Crippen LogP contribution in [0.5, 0.6) is 0 Å². The van der Waals surface area contributed by atoms with Crippen LogP contribution in [0.25, 0.3) is 0 Å². The Bertz CT molecular complexity index is 743. The smallest absolute Gasteiger partial charge is 0.235 e. The molecule has 1 N–H and O–H groups in total. The van der Waals surface area contributed by atoms with Gasteiger partial charge < -0.3 is 10.1 Å². The van der Waals surface area contributed by atoms with Gasteiger partial charge in [0.05, 0.1) is 29.9 Å². The van der Waals surface area contributed by atoms with Crippen LogP contribution in [0.15, 0.2) is 36.7 Å². The fourth-order valence-corrected chi connectivity index (χ4v) is 3.49. The summed E-state index contributed by atoms with van der Waals surface area (Å²) in [6, 6.07) is 8.26. The molecule has 1 saturated carbocycles. The fourth-order valence-electron chi connectivity index (χ4n) is 3.49. The highest BCUT2D eigenvalue weighted by atomic mass is 16.5. The molecule has 1 aromatic heterocycles. The second-order valence-electron chi connectivity index (χ2n) is 6.99. The molecule has 1 atom stereocenters. The molecule has 5 heteroatoms. The maximum Gasteiger partial charge on any atom is 0.235 e. The molecule has 2 fully saturated rings.